The van der Waals surface area contributed by atoms with Crippen molar-refractivity contribution in [2.75, 3.05) is 7.11 Å². The third-order valence-corrected chi connectivity index (χ3v) is 3.91. The summed E-state index contributed by atoms with van der Waals surface area (Å²) in [6.07, 6.45) is -1.06. The lowest BCUT2D eigenvalue weighted by Crippen LogP contribution is -2.19. The van der Waals surface area contributed by atoms with Crippen LogP contribution in [0, 0.1) is 0 Å². The van der Waals surface area contributed by atoms with Crippen LogP contribution in [0.4, 0.5) is 0 Å². The van der Waals surface area contributed by atoms with Crippen molar-refractivity contribution in [2.45, 2.75) is 19.1 Å². The second-order valence-electron chi connectivity index (χ2n) is 4.63. The van der Waals surface area contributed by atoms with Gasteiger partial charge in [0.15, 0.2) is 6.10 Å². The first kappa shape index (κ1) is 15.7. The predicted molar refractivity (Wildman–Crippen MR) is 84.8 cm³/mol. The summed E-state index contributed by atoms with van der Waals surface area (Å²) in [7, 11) is 1.50. The largest absolute Gasteiger partial charge is 0.456 e. The molecule has 0 heterocycles. The van der Waals surface area contributed by atoms with E-state index in [1.807, 2.05) is 61.5 Å². The minimum atomic E-state index is -0.712. The summed E-state index contributed by atoms with van der Waals surface area (Å²) in [5, 5.41) is 0. The Labute approximate surface area is 133 Å². The predicted octanol–water partition coefficient (Wildman–Crippen LogP) is 4.44. The van der Waals surface area contributed by atoms with Crippen molar-refractivity contribution in [1.82, 2.24) is 0 Å². The number of hydrogen-bond acceptors (Lipinski definition) is 3. The second-order valence-corrected chi connectivity index (χ2v) is 5.48. The van der Waals surface area contributed by atoms with Gasteiger partial charge in [0, 0.05) is 17.1 Å². The number of ether oxygens (including phenoxy) is 2. The Morgan fingerprint density at radius 1 is 1.05 bits per heavy atom. The van der Waals surface area contributed by atoms with Crippen molar-refractivity contribution < 1.29 is 14.3 Å². The van der Waals surface area contributed by atoms with E-state index in [1.54, 1.807) is 0 Å². The molecule has 2 aromatic rings. The van der Waals surface area contributed by atoms with Crippen molar-refractivity contribution in [3.05, 3.63) is 70.2 Å². The first-order valence-corrected chi connectivity index (χ1v) is 7.45. The number of rotatable bonds is 5. The second kappa shape index (κ2) is 7.38. The van der Waals surface area contributed by atoms with Crippen LogP contribution in [0.1, 0.15) is 30.3 Å². The Morgan fingerprint density at radius 3 is 2.29 bits per heavy atom. The summed E-state index contributed by atoms with van der Waals surface area (Å²) in [4.78, 5) is 12.3. The standard InChI is InChI=1S/C17H17BrO3/c1-12(14-10-6-7-11-15(14)18)21-17(19)16(20-2)13-8-4-3-5-9-13/h3-12,16H,1-2H3/t12-,16+/m0/s1. The molecule has 0 amide bonds. The van der Waals surface area contributed by atoms with E-state index in [1.165, 1.54) is 7.11 Å². The van der Waals surface area contributed by atoms with Gasteiger partial charge in [0.2, 0.25) is 0 Å². The molecule has 110 valence electrons. The van der Waals surface area contributed by atoms with Crippen LogP contribution in [0.15, 0.2) is 59.1 Å². The molecule has 0 aromatic heterocycles. The SMILES string of the molecule is CO[C@@H](C(=O)O[C@@H](C)c1ccccc1Br)c1ccccc1. The molecule has 0 radical (unpaired) electrons. The molecule has 0 aliphatic heterocycles. The fourth-order valence-corrected chi connectivity index (χ4v) is 2.71. The van der Waals surface area contributed by atoms with Gasteiger partial charge >= 0.3 is 5.97 Å². The number of carbonyl (C=O) groups excluding carboxylic acids is 1. The van der Waals surface area contributed by atoms with Gasteiger partial charge < -0.3 is 9.47 Å². The number of benzene rings is 2. The van der Waals surface area contributed by atoms with Gasteiger partial charge in [0.25, 0.3) is 0 Å². The van der Waals surface area contributed by atoms with Crippen molar-refractivity contribution >= 4 is 21.9 Å². The molecule has 0 aliphatic carbocycles. The first-order valence-electron chi connectivity index (χ1n) is 6.66. The molecule has 0 bridgehead atoms. The maximum atomic E-state index is 12.3. The summed E-state index contributed by atoms with van der Waals surface area (Å²) in [6, 6.07) is 17.0. The number of carbonyl (C=O) groups is 1. The summed E-state index contributed by atoms with van der Waals surface area (Å²) in [6.45, 7) is 1.84. The zero-order valence-corrected chi connectivity index (χ0v) is 13.5. The van der Waals surface area contributed by atoms with E-state index < -0.39 is 12.1 Å². The highest BCUT2D eigenvalue weighted by molar-refractivity contribution is 9.10. The molecule has 0 spiro atoms. The summed E-state index contributed by atoms with van der Waals surface area (Å²) in [5.74, 6) is -0.396. The molecule has 2 rings (SSSR count). The lowest BCUT2D eigenvalue weighted by Gasteiger charge is -2.19. The maximum Gasteiger partial charge on any atom is 0.340 e. The van der Waals surface area contributed by atoms with E-state index in [9.17, 15) is 4.79 Å². The van der Waals surface area contributed by atoms with E-state index in [4.69, 9.17) is 9.47 Å². The van der Waals surface area contributed by atoms with Crippen molar-refractivity contribution in [1.29, 1.82) is 0 Å². The Kier molecular flexibility index (Phi) is 5.53. The zero-order chi connectivity index (χ0) is 15.2. The van der Waals surface area contributed by atoms with Crippen molar-refractivity contribution in [3.63, 3.8) is 0 Å². The molecule has 4 heteroatoms. The minimum Gasteiger partial charge on any atom is -0.456 e. The minimum absolute atomic E-state index is 0.352. The van der Waals surface area contributed by atoms with Gasteiger partial charge in [-0.3, -0.25) is 0 Å². The van der Waals surface area contributed by atoms with Crippen LogP contribution in [0.25, 0.3) is 0 Å². The lowest BCUT2D eigenvalue weighted by atomic mass is 10.1. The van der Waals surface area contributed by atoms with Crippen LogP contribution >= 0.6 is 15.9 Å². The molecule has 0 N–H and O–H groups in total. The lowest BCUT2D eigenvalue weighted by molar-refractivity contribution is -0.161. The van der Waals surface area contributed by atoms with Gasteiger partial charge in [0.1, 0.15) is 6.10 Å². The Morgan fingerprint density at radius 2 is 1.67 bits per heavy atom. The fraction of sp³-hybridized carbons (Fsp3) is 0.235. The van der Waals surface area contributed by atoms with Crippen LogP contribution < -0.4 is 0 Å². The quantitative estimate of drug-likeness (QED) is 0.749. The van der Waals surface area contributed by atoms with Crippen LogP contribution in [0.2, 0.25) is 0 Å². The molecule has 0 aliphatic rings. The van der Waals surface area contributed by atoms with Crippen molar-refractivity contribution in [2.24, 2.45) is 0 Å². The molecular formula is C17H17BrO3. The number of esters is 1. The van der Waals surface area contributed by atoms with Gasteiger partial charge in [-0.15, -0.1) is 0 Å². The zero-order valence-electron chi connectivity index (χ0n) is 12.0. The van der Waals surface area contributed by atoms with Crippen LogP contribution in [-0.4, -0.2) is 13.1 Å². The van der Waals surface area contributed by atoms with Gasteiger partial charge in [-0.2, -0.15) is 0 Å². The highest BCUT2D eigenvalue weighted by Gasteiger charge is 2.24. The highest BCUT2D eigenvalue weighted by atomic mass is 79.9. The third kappa shape index (κ3) is 3.93. The first-order chi connectivity index (χ1) is 10.1. The fourth-order valence-electron chi connectivity index (χ4n) is 2.10. The Hall–Kier alpha value is -1.65. The average molecular weight is 349 g/mol. The summed E-state index contributed by atoms with van der Waals surface area (Å²) in [5.41, 5.74) is 1.71. The molecule has 0 fully saturated rings. The van der Waals surface area contributed by atoms with E-state index >= 15 is 0 Å². The van der Waals surface area contributed by atoms with Gasteiger partial charge in [0.05, 0.1) is 0 Å². The van der Waals surface area contributed by atoms with E-state index in [0.29, 0.717) is 0 Å². The summed E-state index contributed by atoms with van der Waals surface area (Å²) < 4.78 is 11.7. The molecule has 2 aromatic carbocycles. The highest BCUT2D eigenvalue weighted by Crippen LogP contribution is 2.28. The third-order valence-electron chi connectivity index (χ3n) is 3.19. The molecular weight excluding hydrogens is 332 g/mol. The molecule has 0 saturated carbocycles. The summed E-state index contributed by atoms with van der Waals surface area (Å²) >= 11 is 3.46. The van der Waals surface area contributed by atoms with E-state index in [-0.39, 0.29) is 6.10 Å². The van der Waals surface area contributed by atoms with E-state index in [0.717, 1.165) is 15.6 Å². The van der Waals surface area contributed by atoms with Gasteiger partial charge in [-0.05, 0) is 18.6 Å². The Balaban J connectivity index is 2.11. The number of hydrogen-bond donors (Lipinski definition) is 0. The molecule has 0 unspecified atom stereocenters. The number of methoxy groups -OCH3 is 1. The number of halogens is 1. The van der Waals surface area contributed by atoms with Crippen LogP contribution in [0.5, 0.6) is 0 Å². The van der Waals surface area contributed by atoms with E-state index in [2.05, 4.69) is 15.9 Å². The monoisotopic (exact) mass is 348 g/mol. The average Bonchev–Trinajstić information content (AvgIpc) is 2.49. The van der Waals surface area contributed by atoms with Gasteiger partial charge in [-0.1, -0.05) is 64.5 Å². The molecule has 0 saturated heterocycles. The Bertz CT molecular complexity index is 598. The smallest absolute Gasteiger partial charge is 0.340 e. The van der Waals surface area contributed by atoms with Gasteiger partial charge in [-0.25, -0.2) is 4.79 Å². The molecule has 3 nitrogen and oxygen atoms in total. The maximum absolute atomic E-state index is 12.3. The van der Waals surface area contributed by atoms with Crippen LogP contribution in [0.3, 0.4) is 0 Å². The topological polar surface area (TPSA) is 35.5 Å². The molecule has 2 atom stereocenters. The van der Waals surface area contributed by atoms with Crippen molar-refractivity contribution in [3.8, 4) is 0 Å². The molecule has 21 heavy (non-hydrogen) atoms. The van der Waals surface area contributed by atoms with Crippen LogP contribution in [-0.2, 0) is 14.3 Å². The normalized spacial score (nSPS) is 13.5.